The maximum Gasteiger partial charge on any atom is 0.289 e. The van der Waals surface area contributed by atoms with Gasteiger partial charge < -0.3 is 5.32 Å². The van der Waals surface area contributed by atoms with E-state index in [2.05, 4.69) is 49.5 Å². The van der Waals surface area contributed by atoms with Gasteiger partial charge in [-0.25, -0.2) is 14.6 Å². The van der Waals surface area contributed by atoms with Gasteiger partial charge in [0.2, 0.25) is 5.82 Å². The third-order valence-corrected chi connectivity index (χ3v) is 5.39. The summed E-state index contributed by atoms with van der Waals surface area (Å²) in [5.41, 5.74) is 3.96. The first-order valence-electron chi connectivity index (χ1n) is 10.4. The fourth-order valence-corrected chi connectivity index (χ4v) is 3.75. The van der Waals surface area contributed by atoms with Crippen molar-refractivity contribution in [1.29, 1.82) is 0 Å². The fourth-order valence-electron chi connectivity index (χ4n) is 3.75. The SMILES string of the molecule is CCCNC(=O)c1nc(C)c2cnn(Cc3ccc(CN4CCCC4)cc3)c2n1. The number of fused-ring (bicyclic) bond motifs is 1. The van der Waals surface area contributed by atoms with Crippen molar-refractivity contribution in [2.24, 2.45) is 0 Å². The third kappa shape index (κ3) is 4.45. The Balaban J connectivity index is 1.52. The van der Waals surface area contributed by atoms with Crippen LogP contribution in [0.3, 0.4) is 0 Å². The van der Waals surface area contributed by atoms with Crippen LogP contribution < -0.4 is 5.32 Å². The lowest BCUT2D eigenvalue weighted by Crippen LogP contribution is -2.26. The van der Waals surface area contributed by atoms with Crippen molar-refractivity contribution >= 4 is 16.9 Å². The number of rotatable bonds is 7. The van der Waals surface area contributed by atoms with Gasteiger partial charge in [0.15, 0.2) is 5.65 Å². The van der Waals surface area contributed by atoms with E-state index in [1.165, 1.54) is 31.5 Å². The molecule has 1 N–H and O–H groups in total. The molecule has 0 unspecified atom stereocenters. The molecule has 1 aromatic carbocycles. The number of carbonyl (C=O) groups excluding carboxylic acids is 1. The zero-order valence-electron chi connectivity index (χ0n) is 17.2. The lowest BCUT2D eigenvalue weighted by atomic mass is 10.1. The first kappa shape index (κ1) is 19.5. The fraction of sp³-hybridized carbons (Fsp3) is 0.455. The lowest BCUT2D eigenvalue weighted by Gasteiger charge is -2.14. The number of benzene rings is 1. The highest BCUT2D eigenvalue weighted by Gasteiger charge is 2.16. The molecule has 2 aromatic heterocycles. The van der Waals surface area contributed by atoms with Gasteiger partial charge in [0.05, 0.1) is 23.8 Å². The minimum atomic E-state index is -0.240. The molecule has 0 bridgehead atoms. The molecule has 3 heterocycles. The van der Waals surface area contributed by atoms with Gasteiger partial charge >= 0.3 is 0 Å². The molecule has 7 heteroatoms. The minimum Gasteiger partial charge on any atom is -0.349 e. The molecule has 1 aliphatic heterocycles. The maximum atomic E-state index is 12.3. The Bertz CT molecular complexity index is 988. The Morgan fingerprint density at radius 2 is 1.76 bits per heavy atom. The molecule has 0 saturated carbocycles. The van der Waals surface area contributed by atoms with Gasteiger partial charge in [-0.1, -0.05) is 31.2 Å². The van der Waals surface area contributed by atoms with Crippen LogP contribution in [0.2, 0.25) is 0 Å². The van der Waals surface area contributed by atoms with Crippen LogP contribution in [0, 0.1) is 6.92 Å². The summed E-state index contributed by atoms with van der Waals surface area (Å²) in [6.45, 7) is 8.55. The van der Waals surface area contributed by atoms with Crippen molar-refractivity contribution < 1.29 is 4.79 Å². The number of nitrogens with one attached hydrogen (secondary N) is 1. The van der Waals surface area contributed by atoms with Gasteiger partial charge in [0.1, 0.15) is 0 Å². The number of nitrogens with zero attached hydrogens (tertiary/aromatic N) is 5. The Kier molecular flexibility index (Phi) is 5.85. The van der Waals surface area contributed by atoms with Gasteiger partial charge in [-0.15, -0.1) is 0 Å². The number of hydrogen-bond acceptors (Lipinski definition) is 5. The molecule has 0 aliphatic carbocycles. The second kappa shape index (κ2) is 8.69. The Hall–Kier alpha value is -2.80. The number of aromatic nitrogens is 4. The molecule has 3 aromatic rings. The quantitative estimate of drug-likeness (QED) is 0.669. The van der Waals surface area contributed by atoms with Crippen molar-refractivity contribution in [3.8, 4) is 0 Å². The van der Waals surface area contributed by atoms with Gasteiger partial charge in [0, 0.05) is 13.1 Å². The summed E-state index contributed by atoms with van der Waals surface area (Å²) >= 11 is 0. The van der Waals surface area contributed by atoms with E-state index in [0.717, 1.165) is 29.6 Å². The number of likely N-dealkylation sites (tertiary alicyclic amines) is 1. The van der Waals surface area contributed by atoms with Crippen molar-refractivity contribution in [2.45, 2.75) is 46.2 Å². The molecule has 0 spiro atoms. The van der Waals surface area contributed by atoms with Crippen LogP contribution in [0.4, 0.5) is 0 Å². The van der Waals surface area contributed by atoms with Crippen LogP contribution in [-0.2, 0) is 13.1 Å². The predicted molar refractivity (Wildman–Crippen MR) is 113 cm³/mol. The minimum absolute atomic E-state index is 0.200. The highest BCUT2D eigenvalue weighted by Crippen LogP contribution is 2.18. The summed E-state index contributed by atoms with van der Waals surface area (Å²) in [6.07, 6.45) is 5.27. The lowest BCUT2D eigenvalue weighted by molar-refractivity contribution is 0.0943. The third-order valence-electron chi connectivity index (χ3n) is 5.39. The Labute approximate surface area is 171 Å². The van der Waals surface area contributed by atoms with Crippen LogP contribution in [0.25, 0.3) is 11.0 Å². The van der Waals surface area contributed by atoms with E-state index in [0.29, 0.717) is 18.7 Å². The highest BCUT2D eigenvalue weighted by atomic mass is 16.2. The van der Waals surface area contributed by atoms with Gasteiger partial charge in [-0.3, -0.25) is 9.69 Å². The summed E-state index contributed by atoms with van der Waals surface area (Å²) in [5.74, 6) is -0.0398. The van der Waals surface area contributed by atoms with E-state index in [1.54, 1.807) is 6.20 Å². The van der Waals surface area contributed by atoms with Crippen LogP contribution >= 0.6 is 0 Å². The van der Waals surface area contributed by atoms with Crippen molar-refractivity contribution in [3.05, 3.63) is 53.1 Å². The molecule has 152 valence electrons. The number of carbonyl (C=O) groups is 1. The summed E-state index contributed by atoms with van der Waals surface area (Å²) in [6, 6.07) is 8.70. The van der Waals surface area contributed by atoms with Crippen LogP contribution in [-0.4, -0.2) is 50.2 Å². The second-order valence-electron chi connectivity index (χ2n) is 7.73. The van der Waals surface area contributed by atoms with Crippen molar-refractivity contribution in [2.75, 3.05) is 19.6 Å². The summed E-state index contributed by atoms with van der Waals surface area (Å²) in [5, 5.41) is 8.21. The monoisotopic (exact) mass is 392 g/mol. The first-order chi connectivity index (χ1) is 14.1. The molecule has 0 radical (unpaired) electrons. The summed E-state index contributed by atoms with van der Waals surface area (Å²) in [4.78, 5) is 23.7. The van der Waals surface area contributed by atoms with Crippen LogP contribution in [0.1, 0.15) is 53.6 Å². The normalized spacial score (nSPS) is 14.6. The average Bonchev–Trinajstić information content (AvgIpc) is 3.38. The number of hydrogen-bond donors (Lipinski definition) is 1. The van der Waals surface area contributed by atoms with Gasteiger partial charge in [0.25, 0.3) is 5.91 Å². The van der Waals surface area contributed by atoms with E-state index in [-0.39, 0.29) is 11.7 Å². The predicted octanol–water partition coefficient (Wildman–Crippen LogP) is 2.92. The average molecular weight is 393 g/mol. The molecule has 1 fully saturated rings. The van der Waals surface area contributed by atoms with E-state index < -0.39 is 0 Å². The Morgan fingerprint density at radius 3 is 2.45 bits per heavy atom. The first-order valence-corrected chi connectivity index (χ1v) is 10.4. The molecule has 1 amide bonds. The van der Waals surface area contributed by atoms with Crippen molar-refractivity contribution in [1.82, 2.24) is 30.0 Å². The highest BCUT2D eigenvalue weighted by molar-refractivity contribution is 5.92. The van der Waals surface area contributed by atoms with E-state index in [9.17, 15) is 4.79 Å². The van der Waals surface area contributed by atoms with E-state index in [4.69, 9.17) is 0 Å². The molecule has 1 aliphatic rings. The molecule has 1 saturated heterocycles. The largest absolute Gasteiger partial charge is 0.349 e. The molecular formula is C22H28N6O. The smallest absolute Gasteiger partial charge is 0.289 e. The van der Waals surface area contributed by atoms with Crippen LogP contribution in [0.15, 0.2) is 30.5 Å². The van der Waals surface area contributed by atoms with E-state index >= 15 is 0 Å². The van der Waals surface area contributed by atoms with Crippen LogP contribution in [0.5, 0.6) is 0 Å². The number of aryl methyl sites for hydroxylation is 1. The standard InChI is InChI=1S/C22H28N6O/c1-3-10-23-22(29)20-25-16(2)19-13-24-28(21(19)26-20)15-18-8-6-17(7-9-18)14-27-11-4-5-12-27/h6-9,13H,3-5,10-12,14-15H2,1-2H3,(H,23,29). The second-order valence-corrected chi connectivity index (χ2v) is 7.73. The molecule has 29 heavy (non-hydrogen) atoms. The molecule has 7 nitrogen and oxygen atoms in total. The zero-order valence-corrected chi connectivity index (χ0v) is 17.2. The summed E-state index contributed by atoms with van der Waals surface area (Å²) < 4.78 is 1.84. The van der Waals surface area contributed by atoms with E-state index in [1.807, 2.05) is 18.5 Å². The summed E-state index contributed by atoms with van der Waals surface area (Å²) in [7, 11) is 0. The van der Waals surface area contributed by atoms with Gasteiger partial charge in [-0.05, 0) is 50.4 Å². The molecule has 4 rings (SSSR count). The molecule has 0 atom stereocenters. The zero-order chi connectivity index (χ0) is 20.2. The molecular weight excluding hydrogens is 364 g/mol. The topological polar surface area (TPSA) is 75.9 Å². The van der Waals surface area contributed by atoms with Crippen molar-refractivity contribution in [3.63, 3.8) is 0 Å². The number of amides is 1. The Morgan fingerprint density at radius 1 is 1.07 bits per heavy atom. The maximum absolute atomic E-state index is 12.3. The van der Waals surface area contributed by atoms with Gasteiger partial charge in [-0.2, -0.15) is 5.10 Å².